The molecule has 0 aliphatic carbocycles. The van der Waals surface area contributed by atoms with Gasteiger partial charge in [0, 0.05) is 13.1 Å². The lowest BCUT2D eigenvalue weighted by Crippen LogP contribution is -2.43. The van der Waals surface area contributed by atoms with Crippen LogP contribution in [0, 0.1) is 5.92 Å². The number of rotatable bonds is 6. The highest BCUT2D eigenvalue weighted by Gasteiger charge is 2.25. The Morgan fingerprint density at radius 3 is 2.41 bits per heavy atom. The van der Waals surface area contributed by atoms with Crippen LogP contribution in [-0.4, -0.2) is 49.1 Å². The van der Waals surface area contributed by atoms with E-state index in [4.69, 9.17) is 9.47 Å². The molecule has 2 rings (SSSR count). The lowest BCUT2D eigenvalue weighted by Gasteiger charge is -2.33. The topological polar surface area (TPSA) is 38.8 Å². The molecule has 1 aliphatic heterocycles. The van der Waals surface area contributed by atoms with Gasteiger partial charge in [0.1, 0.15) is 11.5 Å². The normalized spacial score (nSPS) is 17.1. The zero-order valence-electron chi connectivity index (χ0n) is 13.6. The summed E-state index contributed by atoms with van der Waals surface area (Å²) in [4.78, 5) is 14.1. The standard InChI is InChI=1S/C17H25NO3S/c1-13(22-3)17(19)18-10-8-14(9-11-18)12-21-16-6-4-15(20-2)5-7-16/h4-7,13-14H,8-12H2,1-3H3/t13-/m0/s1. The molecule has 1 fully saturated rings. The van der Waals surface area contributed by atoms with Crippen LogP contribution >= 0.6 is 11.8 Å². The summed E-state index contributed by atoms with van der Waals surface area (Å²) in [5.41, 5.74) is 0. The summed E-state index contributed by atoms with van der Waals surface area (Å²) in [6.45, 7) is 4.39. The molecule has 1 aliphatic rings. The van der Waals surface area contributed by atoms with Gasteiger partial charge in [0.15, 0.2) is 0 Å². The van der Waals surface area contributed by atoms with Crippen molar-refractivity contribution in [3.8, 4) is 11.5 Å². The zero-order valence-corrected chi connectivity index (χ0v) is 14.4. The van der Waals surface area contributed by atoms with Crippen LogP contribution in [0.4, 0.5) is 0 Å². The summed E-state index contributed by atoms with van der Waals surface area (Å²) in [6.07, 6.45) is 4.02. The number of carbonyl (C=O) groups excluding carboxylic acids is 1. The van der Waals surface area contributed by atoms with E-state index < -0.39 is 0 Å². The van der Waals surface area contributed by atoms with E-state index in [-0.39, 0.29) is 11.2 Å². The van der Waals surface area contributed by atoms with Crippen molar-refractivity contribution in [3.63, 3.8) is 0 Å². The number of hydrogen-bond donors (Lipinski definition) is 0. The van der Waals surface area contributed by atoms with Crippen molar-refractivity contribution >= 4 is 17.7 Å². The summed E-state index contributed by atoms with van der Waals surface area (Å²) in [7, 11) is 1.66. The molecule has 1 atom stereocenters. The van der Waals surface area contributed by atoms with Crippen molar-refractivity contribution in [3.05, 3.63) is 24.3 Å². The molecule has 0 saturated carbocycles. The first-order valence-electron chi connectivity index (χ1n) is 7.72. The number of likely N-dealkylation sites (tertiary alicyclic amines) is 1. The van der Waals surface area contributed by atoms with Gasteiger partial charge in [-0.25, -0.2) is 0 Å². The maximum Gasteiger partial charge on any atom is 0.235 e. The van der Waals surface area contributed by atoms with E-state index in [1.807, 2.05) is 42.3 Å². The van der Waals surface area contributed by atoms with Crippen molar-refractivity contribution in [2.24, 2.45) is 5.92 Å². The first-order chi connectivity index (χ1) is 10.6. The summed E-state index contributed by atoms with van der Waals surface area (Å²) < 4.78 is 11.0. The first kappa shape index (κ1) is 17.0. The zero-order chi connectivity index (χ0) is 15.9. The third-order valence-corrected chi connectivity index (χ3v) is 5.08. The Hall–Kier alpha value is -1.36. The Morgan fingerprint density at radius 2 is 1.86 bits per heavy atom. The molecule has 0 bridgehead atoms. The fourth-order valence-corrected chi connectivity index (χ4v) is 2.91. The van der Waals surface area contributed by atoms with Crippen LogP contribution in [0.5, 0.6) is 11.5 Å². The number of carbonyl (C=O) groups is 1. The quantitative estimate of drug-likeness (QED) is 0.806. The van der Waals surface area contributed by atoms with E-state index in [0.717, 1.165) is 37.4 Å². The van der Waals surface area contributed by atoms with Crippen LogP contribution in [0.25, 0.3) is 0 Å². The number of benzene rings is 1. The third kappa shape index (κ3) is 4.57. The second kappa shape index (κ2) is 8.32. The fourth-order valence-electron chi connectivity index (χ4n) is 2.56. The number of thioether (sulfide) groups is 1. The first-order valence-corrected chi connectivity index (χ1v) is 9.01. The van der Waals surface area contributed by atoms with Crippen molar-refractivity contribution in [1.82, 2.24) is 4.90 Å². The number of nitrogens with zero attached hydrogens (tertiary/aromatic N) is 1. The number of piperidine rings is 1. The maximum absolute atomic E-state index is 12.1. The highest BCUT2D eigenvalue weighted by molar-refractivity contribution is 7.99. The summed E-state index contributed by atoms with van der Waals surface area (Å²) in [5, 5.41) is 0.0621. The monoisotopic (exact) mass is 323 g/mol. The predicted octanol–water partition coefficient (Wildman–Crippen LogP) is 3.06. The number of hydrogen-bond acceptors (Lipinski definition) is 4. The molecular formula is C17H25NO3S. The average Bonchev–Trinajstić information content (AvgIpc) is 2.59. The van der Waals surface area contributed by atoms with E-state index >= 15 is 0 Å². The van der Waals surface area contributed by atoms with Gasteiger partial charge in [-0.1, -0.05) is 0 Å². The molecule has 0 radical (unpaired) electrons. The van der Waals surface area contributed by atoms with Crippen molar-refractivity contribution in [2.75, 3.05) is 33.1 Å². The van der Waals surface area contributed by atoms with Crippen molar-refractivity contribution in [1.29, 1.82) is 0 Å². The van der Waals surface area contributed by atoms with Crippen molar-refractivity contribution < 1.29 is 14.3 Å². The molecule has 0 aromatic heterocycles. The smallest absolute Gasteiger partial charge is 0.235 e. The molecular weight excluding hydrogens is 298 g/mol. The summed E-state index contributed by atoms with van der Waals surface area (Å²) >= 11 is 1.61. The van der Waals surface area contributed by atoms with Gasteiger partial charge in [-0.15, -0.1) is 0 Å². The van der Waals surface area contributed by atoms with Gasteiger partial charge in [-0.2, -0.15) is 11.8 Å². The SMILES string of the molecule is COc1ccc(OCC2CCN(C(=O)[C@H](C)SC)CC2)cc1. The lowest BCUT2D eigenvalue weighted by atomic mass is 9.97. The van der Waals surface area contributed by atoms with Gasteiger partial charge in [0.05, 0.1) is 19.0 Å². The van der Waals surface area contributed by atoms with E-state index in [0.29, 0.717) is 12.5 Å². The highest BCUT2D eigenvalue weighted by atomic mass is 32.2. The molecule has 0 unspecified atom stereocenters. The van der Waals surface area contributed by atoms with E-state index in [1.54, 1.807) is 18.9 Å². The number of amides is 1. The molecule has 1 heterocycles. The fraction of sp³-hybridized carbons (Fsp3) is 0.588. The Morgan fingerprint density at radius 1 is 1.27 bits per heavy atom. The number of ether oxygens (including phenoxy) is 2. The molecule has 22 heavy (non-hydrogen) atoms. The largest absolute Gasteiger partial charge is 0.497 e. The predicted molar refractivity (Wildman–Crippen MR) is 90.8 cm³/mol. The third-order valence-electron chi connectivity index (χ3n) is 4.17. The second-order valence-corrected chi connectivity index (χ2v) is 6.81. The Labute approximate surface area is 137 Å². The summed E-state index contributed by atoms with van der Waals surface area (Å²) in [5.74, 6) is 2.50. The van der Waals surface area contributed by atoms with Crippen LogP contribution in [0.15, 0.2) is 24.3 Å². The van der Waals surface area contributed by atoms with E-state index in [1.165, 1.54) is 0 Å². The molecule has 5 heteroatoms. The van der Waals surface area contributed by atoms with Gasteiger partial charge in [0.25, 0.3) is 0 Å². The molecule has 4 nitrogen and oxygen atoms in total. The lowest BCUT2D eigenvalue weighted by molar-refractivity contribution is -0.131. The number of methoxy groups -OCH3 is 1. The van der Waals surface area contributed by atoms with Crippen LogP contribution in [0.2, 0.25) is 0 Å². The molecule has 1 aromatic carbocycles. The molecule has 1 saturated heterocycles. The van der Waals surface area contributed by atoms with Gasteiger partial charge >= 0.3 is 0 Å². The minimum Gasteiger partial charge on any atom is -0.497 e. The summed E-state index contributed by atoms with van der Waals surface area (Å²) in [6, 6.07) is 7.66. The van der Waals surface area contributed by atoms with E-state index in [9.17, 15) is 4.79 Å². The molecule has 122 valence electrons. The van der Waals surface area contributed by atoms with Gasteiger partial charge in [-0.3, -0.25) is 4.79 Å². The molecule has 0 N–H and O–H groups in total. The van der Waals surface area contributed by atoms with Crippen LogP contribution in [0.3, 0.4) is 0 Å². The Balaban J connectivity index is 1.74. The van der Waals surface area contributed by atoms with Crippen LogP contribution in [0.1, 0.15) is 19.8 Å². The Bertz CT molecular complexity index is 469. The van der Waals surface area contributed by atoms with Gasteiger partial charge < -0.3 is 14.4 Å². The second-order valence-electron chi connectivity index (χ2n) is 5.63. The average molecular weight is 323 g/mol. The van der Waals surface area contributed by atoms with Crippen LogP contribution in [-0.2, 0) is 4.79 Å². The van der Waals surface area contributed by atoms with Crippen molar-refractivity contribution in [2.45, 2.75) is 25.0 Å². The minimum absolute atomic E-state index is 0.0621. The van der Waals surface area contributed by atoms with E-state index in [2.05, 4.69) is 0 Å². The maximum atomic E-state index is 12.1. The van der Waals surface area contributed by atoms with Gasteiger partial charge in [-0.05, 0) is 56.2 Å². The molecule has 1 aromatic rings. The van der Waals surface area contributed by atoms with Gasteiger partial charge in [0.2, 0.25) is 5.91 Å². The highest BCUT2D eigenvalue weighted by Crippen LogP contribution is 2.22. The molecule has 1 amide bonds. The molecule has 0 spiro atoms. The Kier molecular flexibility index (Phi) is 6.43. The van der Waals surface area contributed by atoms with Crippen LogP contribution < -0.4 is 9.47 Å². The minimum atomic E-state index is 0.0621.